The Balaban J connectivity index is 0.000000365. The Morgan fingerprint density at radius 1 is 0.827 bits per heavy atom. The van der Waals surface area contributed by atoms with Gasteiger partial charge in [-0.1, -0.05) is 0 Å². The molecule has 2 atom stereocenters. The molecule has 52 heavy (non-hydrogen) atoms. The lowest BCUT2D eigenvalue weighted by Crippen LogP contribution is -2.47. The Bertz CT molecular complexity index is 1780. The number of nitrogens with zero attached hydrogens (tertiary/aromatic N) is 6. The number of imidazole rings is 1. The third kappa shape index (κ3) is 12.5. The first-order valence-corrected chi connectivity index (χ1v) is 14.0. The van der Waals surface area contributed by atoms with Crippen molar-refractivity contribution in [2.45, 2.75) is 50.4 Å². The number of halogens is 10. The van der Waals surface area contributed by atoms with Gasteiger partial charge in [-0.05, 0) is 50.1 Å². The van der Waals surface area contributed by atoms with Gasteiger partial charge in [0.15, 0.2) is 5.82 Å². The van der Waals surface area contributed by atoms with Crippen molar-refractivity contribution in [1.82, 2.24) is 24.6 Å². The van der Waals surface area contributed by atoms with E-state index in [0.717, 1.165) is 36.3 Å². The van der Waals surface area contributed by atoms with E-state index in [2.05, 4.69) is 37.2 Å². The number of anilines is 3. The molecule has 0 spiro atoms. The van der Waals surface area contributed by atoms with Crippen molar-refractivity contribution in [2.75, 3.05) is 16.8 Å². The molecule has 0 aromatic carbocycles. The largest absolute Gasteiger partial charge is 0.490 e. The van der Waals surface area contributed by atoms with Crippen LogP contribution in [0.5, 0.6) is 0 Å². The average Bonchev–Trinajstić information content (AvgIpc) is 3.44. The summed E-state index contributed by atoms with van der Waals surface area (Å²) in [7, 11) is 0. The number of nitrogens with two attached hydrogens (primary N) is 1. The fraction of sp³-hybridized carbons (Fsp3) is 0.321. The highest BCUT2D eigenvalue weighted by atomic mass is 19.4. The number of fused-ring (bicyclic) bond motifs is 1. The van der Waals surface area contributed by atoms with Crippen molar-refractivity contribution in [1.29, 1.82) is 0 Å². The van der Waals surface area contributed by atoms with Crippen LogP contribution in [0.2, 0.25) is 0 Å². The van der Waals surface area contributed by atoms with Gasteiger partial charge in [0.05, 0.1) is 29.3 Å². The van der Waals surface area contributed by atoms with Crippen LogP contribution in [0.25, 0.3) is 16.9 Å². The standard InChI is InChI=1S/C22H23FN8.3C2HF3O2/c1-14-4-5-15(24)13-30(14)20-8-10-25-12-19(20)28-22-27-11-16-6-7-18(29-31(16)22)21-17(23)3-2-9-26-21;3*3-2(4,5)1(6)7/h2-3,6-12,14-15H,4-5,13,24H2,1H3,(H,27,28);3*(H,6,7)/t14-,15-;;;/m1.../s1. The number of aliphatic carboxylic acids is 3. The fourth-order valence-electron chi connectivity index (χ4n) is 3.99. The highest BCUT2D eigenvalue weighted by molar-refractivity contribution is 5.75. The van der Waals surface area contributed by atoms with E-state index < -0.39 is 42.3 Å². The van der Waals surface area contributed by atoms with Crippen LogP contribution in [0.15, 0.2) is 55.1 Å². The van der Waals surface area contributed by atoms with E-state index in [-0.39, 0.29) is 11.7 Å². The minimum absolute atomic E-state index is 0.141. The van der Waals surface area contributed by atoms with Gasteiger partial charge in [-0.25, -0.2) is 23.8 Å². The Kier molecular flexibility index (Phi) is 14.2. The molecule has 1 saturated heterocycles. The predicted molar refractivity (Wildman–Crippen MR) is 159 cm³/mol. The second kappa shape index (κ2) is 17.4. The summed E-state index contributed by atoms with van der Waals surface area (Å²) < 4.78 is 111. The van der Waals surface area contributed by atoms with Gasteiger partial charge in [-0.15, -0.1) is 0 Å². The molecule has 1 fully saturated rings. The van der Waals surface area contributed by atoms with Gasteiger partial charge in [0.2, 0.25) is 5.95 Å². The zero-order valence-electron chi connectivity index (χ0n) is 26.1. The summed E-state index contributed by atoms with van der Waals surface area (Å²) in [5, 5.41) is 29.3. The highest BCUT2D eigenvalue weighted by Crippen LogP contribution is 2.32. The van der Waals surface area contributed by atoms with E-state index >= 15 is 0 Å². The van der Waals surface area contributed by atoms with Crippen molar-refractivity contribution in [3.8, 4) is 11.4 Å². The lowest BCUT2D eigenvalue weighted by molar-refractivity contribution is -0.193. The van der Waals surface area contributed by atoms with Crippen LogP contribution in [0.4, 0.5) is 61.2 Å². The number of rotatable bonds is 4. The minimum atomic E-state index is -5.08. The smallest absolute Gasteiger partial charge is 0.475 e. The quantitative estimate of drug-likeness (QED) is 0.168. The van der Waals surface area contributed by atoms with Crippen LogP contribution >= 0.6 is 0 Å². The van der Waals surface area contributed by atoms with Gasteiger partial charge in [0.25, 0.3) is 0 Å². The van der Waals surface area contributed by atoms with Gasteiger partial charge < -0.3 is 31.3 Å². The third-order valence-electron chi connectivity index (χ3n) is 6.39. The Hall–Kier alpha value is -5.81. The normalized spacial score (nSPS) is 15.9. The molecule has 6 N–H and O–H groups in total. The molecule has 4 aromatic rings. The molecule has 0 unspecified atom stereocenters. The number of carboxylic acids is 3. The molecule has 1 aliphatic rings. The second-order valence-corrected chi connectivity index (χ2v) is 10.2. The van der Waals surface area contributed by atoms with Crippen LogP contribution in [0, 0.1) is 5.82 Å². The highest BCUT2D eigenvalue weighted by Gasteiger charge is 2.39. The summed E-state index contributed by atoms with van der Waals surface area (Å²) >= 11 is 0. The molecule has 14 nitrogen and oxygen atoms in total. The molecule has 5 rings (SSSR count). The van der Waals surface area contributed by atoms with Crippen LogP contribution in [0.3, 0.4) is 0 Å². The Morgan fingerprint density at radius 2 is 1.38 bits per heavy atom. The molecule has 0 aliphatic carbocycles. The van der Waals surface area contributed by atoms with E-state index in [0.29, 0.717) is 17.7 Å². The predicted octanol–water partition coefficient (Wildman–Crippen LogP) is 5.28. The van der Waals surface area contributed by atoms with Crippen LogP contribution < -0.4 is 16.0 Å². The van der Waals surface area contributed by atoms with Crippen molar-refractivity contribution in [2.24, 2.45) is 5.73 Å². The molecular formula is C28H26F10N8O6. The van der Waals surface area contributed by atoms with Gasteiger partial charge in [-0.2, -0.15) is 49.1 Å². The Labute approximate surface area is 284 Å². The number of aromatic nitrogens is 5. The first kappa shape index (κ1) is 42.4. The van der Waals surface area contributed by atoms with Crippen molar-refractivity contribution in [3.05, 3.63) is 60.9 Å². The van der Waals surface area contributed by atoms with Crippen molar-refractivity contribution < 1.29 is 73.6 Å². The monoisotopic (exact) mass is 760 g/mol. The number of alkyl halides is 9. The third-order valence-corrected chi connectivity index (χ3v) is 6.39. The van der Waals surface area contributed by atoms with E-state index in [9.17, 15) is 43.9 Å². The zero-order valence-corrected chi connectivity index (χ0v) is 26.1. The molecule has 0 amide bonds. The maximum Gasteiger partial charge on any atom is 0.490 e. The molecule has 24 heteroatoms. The molecule has 0 saturated carbocycles. The number of carbonyl (C=O) groups is 3. The molecular weight excluding hydrogens is 734 g/mol. The Morgan fingerprint density at radius 3 is 1.90 bits per heavy atom. The first-order chi connectivity index (χ1) is 23.9. The molecule has 0 bridgehead atoms. The van der Waals surface area contributed by atoms with Crippen LogP contribution in [0.1, 0.15) is 19.8 Å². The maximum atomic E-state index is 14.2. The lowest BCUT2D eigenvalue weighted by Gasteiger charge is -2.39. The van der Waals surface area contributed by atoms with E-state index in [1.807, 2.05) is 12.1 Å². The summed E-state index contributed by atoms with van der Waals surface area (Å²) in [4.78, 5) is 41.9. The molecule has 1 aliphatic heterocycles. The number of piperidine rings is 1. The minimum Gasteiger partial charge on any atom is -0.475 e. The first-order valence-electron chi connectivity index (χ1n) is 14.0. The van der Waals surface area contributed by atoms with Gasteiger partial charge >= 0.3 is 36.4 Å². The number of nitrogens with one attached hydrogen (secondary N) is 1. The topological polar surface area (TPSA) is 209 Å². The average molecular weight is 761 g/mol. The van der Waals surface area contributed by atoms with Gasteiger partial charge in [0, 0.05) is 31.0 Å². The van der Waals surface area contributed by atoms with E-state index in [4.69, 9.17) is 35.4 Å². The SMILES string of the molecule is C[C@@H]1CC[C@@H](N)CN1c1ccncc1Nc1ncc2ccc(-c3ncccc3F)nn12.O=C(O)C(F)(F)F.O=C(O)C(F)(F)F.O=C(O)C(F)(F)F. The van der Waals surface area contributed by atoms with Crippen LogP contribution in [-0.4, -0.2) is 95.0 Å². The summed E-state index contributed by atoms with van der Waals surface area (Å²) in [6.07, 6.45) is -6.39. The van der Waals surface area contributed by atoms with Gasteiger partial charge in [0.1, 0.15) is 11.4 Å². The molecule has 5 heterocycles. The lowest BCUT2D eigenvalue weighted by atomic mass is 9.99. The van der Waals surface area contributed by atoms with Crippen molar-refractivity contribution in [3.63, 3.8) is 0 Å². The summed E-state index contributed by atoms with van der Waals surface area (Å²) in [5.41, 5.74) is 9.46. The summed E-state index contributed by atoms with van der Waals surface area (Å²) in [6, 6.07) is 8.99. The second-order valence-electron chi connectivity index (χ2n) is 10.2. The zero-order chi connectivity index (χ0) is 39.6. The fourth-order valence-corrected chi connectivity index (χ4v) is 3.99. The number of carboxylic acid groups (broad SMARTS) is 3. The summed E-state index contributed by atoms with van der Waals surface area (Å²) in [5.74, 6) is -8.18. The number of pyridine rings is 2. The molecule has 4 aromatic heterocycles. The van der Waals surface area contributed by atoms with E-state index in [1.54, 1.807) is 41.4 Å². The summed E-state index contributed by atoms with van der Waals surface area (Å²) in [6.45, 7) is 2.99. The maximum absolute atomic E-state index is 14.2. The number of hydrogen-bond donors (Lipinski definition) is 5. The van der Waals surface area contributed by atoms with Crippen molar-refractivity contribution >= 4 is 40.7 Å². The van der Waals surface area contributed by atoms with Gasteiger partial charge in [-0.3, -0.25) is 9.97 Å². The van der Waals surface area contributed by atoms with Crippen LogP contribution in [-0.2, 0) is 14.4 Å². The number of hydrogen-bond acceptors (Lipinski definition) is 10. The molecule has 0 radical (unpaired) electrons. The molecule has 284 valence electrons. The van der Waals surface area contributed by atoms with E-state index in [1.165, 1.54) is 6.07 Å².